The second-order valence-corrected chi connectivity index (χ2v) is 4.33. The predicted octanol–water partition coefficient (Wildman–Crippen LogP) is 3.82. The van der Waals surface area contributed by atoms with E-state index < -0.39 is 17.5 Å². The Balaban J connectivity index is 1.97. The van der Waals surface area contributed by atoms with Crippen molar-refractivity contribution in [2.75, 3.05) is 11.9 Å². The average Bonchev–Trinajstić information content (AvgIpc) is 2.78. The maximum atomic E-state index is 13.2. The molecule has 1 aromatic heterocycles. The smallest absolute Gasteiger partial charge is 0.161 e. The van der Waals surface area contributed by atoms with Crippen LogP contribution in [-0.4, -0.2) is 6.54 Å². The molecule has 0 aliphatic rings. The summed E-state index contributed by atoms with van der Waals surface area (Å²) in [6, 6.07) is 3.34. The molecule has 0 unspecified atom stereocenters. The summed E-state index contributed by atoms with van der Waals surface area (Å²) in [7, 11) is 0. The monoisotopic (exact) mass is 257 g/mol. The van der Waals surface area contributed by atoms with Gasteiger partial charge in [-0.2, -0.15) is 11.3 Å². The van der Waals surface area contributed by atoms with Crippen LogP contribution in [0.1, 0.15) is 5.56 Å². The minimum atomic E-state index is -1.18. The SMILES string of the molecule is Fc1cc(F)c(NCCc2ccsc2)cc1F. The molecule has 0 aliphatic heterocycles. The number of benzene rings is 1. The summed E-state index contributed by atoms with van der Waals surface area (Å²) in [4.78, 5) is 0. The number of thiophene rings is 1. The average molecular weight is 257 g/mol. The molecule has 0 fully saturated rings. The first-order chi connectivity index (χ1) is 8.16. The standard InChI is InChI=1S/C12H10F3NS/c13-9-5-11(15)12(6-10(9)14)16-3-1-8-2-4-17-7-8/h2,4-7,16H,1,3H2. The number of rotatable bonds is 4. The third-order valence-electron chi connectivity index (χ3n) is 2.32. The van der Waals surface area contributed by atoms with Crippen LogP contribution < -0.4 is 5.32 Å². The zero-order valence-electron chi connectivity index (χ0n) is 8.84. The van der Waals surface area contributed by atoms with E-state index in [1.54, 1.807) is 11.3 Å². The molecule has 0 spiro atoms. The highest BCUT2D eigenvalue weighted by Gasteiger charge is 2.09. The highest BCUT2D eigenvalue weighted by atomic mass is 32.1. The van der Waals surface area contributed by atoms with Gasteiger partial charge in [-0.1, -0.05) is 0 Å². The quantitative estimate of drug-likeness (QED) is 0.821. The number of anilines is 1. The summed E-state index contributed by atoms with van der Waals surface area (Å²) in [5.41, 5.74) is 1.12. The van der Waals surface area contributed by atoms with Crippen molar-refractivity contribution in [2.24, 2.45) is 0 Å². The molecule has 5 heteroatoms. The number of hydrogen-bond acceptors (Lipinski definition) is 2. The molecule has 2 rings (SSSR count). The van der Waals surface area contributed by atoms with Gasteiger partial charge in [-0.25, -0.2) is 13.2 Å². The van der Waals surface area contributed by atoms with Gasteiger partial charge in [0.05, 0.1) is 5.69 Å². The van der Waals surface area contributed by atoms with Crippen LogP contribution in [0.4, 0.5) is 18.9 Å². The van der Waals surface area contributed by atoms with E-state index in [1.165, 1.54) is 0 Å². The molecular formula is C12H10F3NS. The van der Waals surface area contributed by atoms with Crippen LogP contribution in [0.5, 0.6) is 0 Å². The zero-order chi connectivity index (χ0) is 12.3. The number of nitrogens with one attached hydrogen (secondary N) is 1. The first-order valence-corrected chi connectivity index (χ1v) is 6.00. The lowest BCUT2D eigenvalue weighted by molar-refractivity contribution is 0.496. The highest BCUT2D eigenvalue weighted by molar-refractivity contribution is 7.07. The van der Waals surface area contributed by atoms with Crippen molar-refractivity contribution in [1.29, 1.82) is 0 Å². The minimum Gasteiger partial charge on any atom is -0.382 e. The molecule has 17 heavy (non-hydrogen) atoms. The maximum absolute atomic E-state index is 13.2. The molecule has 2 aromatic rings. The topological polar surface area (TPSA) is 12.0 Å². The molecule has 0 saturated heterocycles. The van der Waals surface area contributed by atoms with E-state index in [2.05, 4.69) is 5.32 Å². The van der Waals surface area contributed by atoms with Gasteiger partial charge in [0.25, 0.3) is 0 Å². The van der Waals surface area contributed by atoms with E-state index >= 15 is 0 Å². The Labute approximate surface area is 101 Å². The van der Waals surface area contributed by atoms with Crippen molar-refractivity contribution < 1.29 is 13.2 Å². The van der Waals surface area contributed by atoms with Crippen LogP contribution >= 0.6 is 11.3 Å². The van der Waals surface area contributed by atoms with Crippen molar-refractivity contribution in [3.8, 4) is 0 Å². The van der Waals surface area contributed by atoms with E-state index in [0.29, 0.717) is 19.0 Å². The van der Waals surface area contributed by atoms with Crippen LogP contribution in [0.15, 0.2) is 29.0 Å². The van der Waals surface area contributed by atoms with Gasteiger partial charge in [-0.05, 0) is 28.8 Å². The fourth-order valence-corrected chi connectivity index (χ4v) is 2.14. The predicted molar refractivity (Wildman–Crippen MR) is 62.8 cm³/mol. The third-order valence-corrected chi connectivity index (χ3v) is 3.05. The number of halogens is 3. The Kier molecular flexibility index (Phi) is 3.68. The molecular weight excluding hydrogens is 247 g/mol. The van der Waals surface area contributed by atoms with Crippen LogP contribution in [0.2, 0.25) is 0 Å². The fourth-order valence-electron chi connectivity index (χ4n) is 1.43. The second-order valence-electron chi connectivity index (χ2n) is 3.55. The molecule has 0 saturated carbocycles. The summed E-state index contributed by atoms with van der Waals surface area (Å²) in [6.07, 6.45) is 0.710. The van der Waals surface area contributed by atoms with Gasteiger partial charge < -0.3 is 5.32 Å². The summed E-state index contributed by atoms with van der Waals surface area (Å²) in [6.45, 7) is 0.471. The van der Waals surface area contributed by atoms with Crippen molar-refractivity contribution in [2.45, 2.75) is 6.42 Å². The summed E-state index contributed by atoms with van der Waals surface area (Å²) < 4.78 is 38.8. The van der Waals surface area contributed by atoms with Crippen LogP contribution in [0, 0.1) is 17.5 Å². The molecule has 0 amide bonds. The van der Waals surface area contributed by atoms with Gasteiger partial charge in [-0.3, -0.25) is 0 Å². The van der Waals surface area contributed by atoms with Crippen molar-refractivity contribution >= 4 is 17.0 Å². The minimum absolute atomic E-state index is 0.0147. The van der Waals surface area contributed by atoms with Gasteiger partial charge in [0.1, 0.15) is 5.82 Å². The lowest BCUT2D eigenvalue weighted by atomic mass is 10.2. The van der Waals surface area contributed by atoms with Crippen molar-refractivity contribution in [1.82, 2.24) is 0 Å². The van der Waals surface area contributed by atoms with E-state index in [-0.39, 0.29) is 5.69 Å². The van der Waals surface area contributed by atoms with Crippen LogP contribution in [-0.2, 0) is 6.42 Å². The van der Waals surface area contributed by atoms with E-state index in [1.807, 2.05) is 16.8 Å². The molecule has 1 aromatic carbocycles. The molecule has 0 bridgehead atoms. The third kappa shape index (κ3) is 3.00. The molecule has 1 heterocycles. The molecule has 1 nitrogen and oxygen atoms in total. The summed E-state index contributed by atoms with van der Waals surface area (Å²) >= 11 is 1.58. The normalized spacial score (nSPS) is 10.5. The molecule has 0 radical (unpaired) electrons. The van der Waals surface area contributed by atoms with Gasteiger partial charge >= 0.3 is 0 Å². The summed E-state index contributed by atoms with van der Waals surface area (Å²) in [5.74, 6) is -3.01. The van der Waals surface area contributed by atoms with Gasteiger partial charge in [0, 0.05) is 18.7 Å². The van der Waals surface area contributed by atoms with E-state index in [0.717, 1.165) is 11.6 Å². The molecule has 0 atom stereocenters. The summed E-state index contributed by atoms with van der Waals surface area (Å²) in [5, 5.41) is 6.68. The number of hydrogen-bond donors (Lipinski definition) is 1. The Hall–Kier alpha value is -1.49. The molecule has 90 valence electrons. The van der Waals surface area contributed by atoms with Crippen LogP contribution in [0.3, 0.4) is 0 Å². The van der Waals surface area contributed by atoms with Gasteiger partial charge in [0.2, 0.25) is 0 Å². The Morgan fingerprint density at radius 3 is 2.53 bits per heavy atom. The first kappa shape index (κ1) is 12.0. The lowest BCUT2D eigenvalue weighted by Crippen LogP contribution is -2.06. The molecule has 1 N–H and O–H groups in total. The van der Waals surface area contributed by atoms with Gasteiger partial charge in [0.15, 0.2) is 11.6 Å². The van der Waals surface area contributed by atoms with E-state index in [4.69, 9.17) is 0 Å². The Morgan fingerprint density at radius 2 is 1.82 bits per heavy atom. The zero-order valence-corrected chi connectivity index (χ0v) is 9.66. The second kappa shape index (κ2) is 5.23. The van der Waals surface area contributed by atoms with Gasteiger partial charge in [-0.15, -0.1) is 0 Å². The van der Waals surface area contributed by atoms with Crippen molar-refractivity contribution in [3.05, 3.63) is 52.0 Å². The largest absolute Gasteiger partial charge is 0.382 e. The first-order valence-electron chi connectivity index (χ1n) is 5.06. The van der Waals surface area contributed by atoms with Crippen molar-refractivity contribution in [3.63, 3.8) is 0 Å². The fraction of sp³-hybridized carbons (Fsp3) is 0.167. The maximum Gasteiger partial charge on any atom is 0.161 e. The lowest BCUT2D eigenvalue weighted by Gasteiger charge is -2.07. The highest BCUT2D eigenvalue weighted by Crippen LogP contribution is 2.18. The Morgan fingerprint density at radius 1 is 1.06 bits per heavy atom. The van der Waals surface area contributed by atoms with E-state index in [9.17, 15) is 13.2 Å². The molecule has 0 aliphatic carbocycles. The van der Waals surface area contributed by atoms with Crippen LogP contribution in [0.25, 0.3) is 0 Å². The Bertz CT molecular complexity index is 497.